The first-order valence-corrected chi connectivity index (χ1v) is 12.3. The number of rotatable bonds is 10. The summed E-state index contributed by atoms with van der Waals surface area (Å²) in [6, 6.07) is 12.5. The van der Waals surface area contributed by atoms with E-state index in [1.165, 1.54) is 18.9 Å². The summed E-state index contributed by atoms with van der Waals surface area (Å²) in [7, 11) is 3.09. The van der Waals surface area contributed by atoms with Gasteiger partial charge in [-0.05, 0) is 36.8 Å². The van der Waals surface area contributed by atoms with E-state index in [2.05, 4.69) is 4.90 Å². The molecule has 1 aliphatic rings. The van der Waals surface area contributed by atoms with Crippen molar-refractivity contribution in [2.24, 2.45) is 0 Å². The number of aromatic nitrogens is 2. The number of ketones is 1. The lowest BCUT2D eigenvalue weighted by Crippen LogP contribution is -2.37. The van der Waals surface area contributed by atoms with Crippen molar-refractivity contribution < 1.29 is 19.0 Å². The Morgan fingerprint density at radius 1 is 1.09 bits per heavy atom. The Kier molecular flexibility index (Phi) is 8.21. The van der Waals surface area contributed by atoms with E-state index < -0.39 is 0 Å². The van der Waals surface area contributed by atoms with Crippen molar-refractivity contribution >= 4 is 28.4 Å². The van der Waals surface area contributed by atoms with Gasteiger partial charge in [0.1, 0.15) is 11.5 Å². The summed E-state index contributed by atoms with van der Waals surface area (Å²) in [6.45, 7) is 4.72. The molecule has 2 heterocycles. The molecule has 9 heteroatoms. The number of carbonyl (C=O) groups excluding carboxylic acids is 1. The first-order chi connectivity index (χ1) is 16.6. The minimum absolute atomic E-state index is 0.0820. The summed E-state index contributed by atoms with van der Waals surface area (Å²) in [5.41, 5.74) is 0.990. The van der Waals surface area contributed by atoms with E-state index >= 15 is 0 Å². The first-order valence-electron chi connectivity index (χ1n) is 11.3. The fraction of sp³-hybridized carbons (Fsp3) is 0.400. The number of Topliss-reactive ketones (excluding diaryl/α,β-unsaturated/α-hetero) is 1. The summed E-state index contributed by atoms with van der Waals surface area (Å²) in [5, 5.41) is 1.12. The normalized spacial score (nSPS) is 14.3. The SMILES string of the molecule is COc1ccc(OC)c(C(=O)CSc2nc3ccccc3c(=O)n2CCCN2CCOCC2)c1. The molecule has 1 fully saturated rings. The van der Waals surface area contributed by atoms with Crippen LogP contribution < -0.4 is 15.0 Å². The Hall–Kier alpha value is -2.88. The molecule has 0 aliphatic carbocycles. The maximum atomic E-state index is 13.3. The molecule has 0 saturated carbocycles. The second-order valence-corrected chi connectivity index (χ2v) is 8.90. The third-order valence-electron chi connectivity index (χ3n) is 5.83. The summed E-state index contributed by atoms with van der Waals surface area (Å²) >= 11 is 1.27. The van der Waals surface area contributed by atoms with Crippen molar-refractivity contribution in [3.8, 4) is 11.5 Å². The Bertz CT molecular complexity index is 1210. The van der Waals surface area contributed by atoms with E-state index in [-0.39, 0.29) is 17.1 Å². The van der Waals surface area contributed by atoms with Crippen LogP contribution in [0.1, 0.15) is 16.8 Å². The summed E-state index contributed by atoms with van der Waals surface area (Å²) in [5.74, 6) is 1.07. The number of para-hydroxylation sites is 1. The van der Waals surface area contributed by atoms with Crippen molar-refractivity contribution in [3.63, 3.8) is 0 Å². The first kappa shape index (κ1) is 24.3. The fourth-order valence-corrected chi connectivity index (χ4v) is 4.88. The fourth-order valence-electron chi connectivity index (χ4n) is 3.97. The molecule has 0 amide bonds. The van der Waals surface area contributed by atoms with Crippen LogP contribution in [0.5, 0.6) is 11.5 Å². The van der Waals surface area contributed by atoms with Gasteiger partial charge < -0.3 is 14.2 Å². The minimum Gasteiger partial charge on any atom is -0.497 e. The molecule has 1 saturated heterocycles. The number of morpholine rings is 1. The molecule has 34 heavy (non-hydrogen) atoms. The molecule has 0 N–H and O–H groups in total. The smallest absolute Gasteiger partial charge is 0.262 e. The monoisotopic (exact) mass is 483 g/mol. The van der Waals surface area contributed by atoms with Crippen molar-refractivity contribution in [3.05, 3.63) is 58.4 Å². The molecule has 3 aromatic rings. The van der Waals surface area contributed by atoms with Gasteiger partial charge in [0.15, 0.2) is 10.9 Å². The van der Waals surface area contributed by atoms with Gasteiger partial charge in [-0.2, -0.15) is 0 Å². The van der Waals surface area contributed by atoms with Gasteiger partial charge in [-0.3, -0.25) is 19.1 Å². The highest BCUT2D eigenvalue weighted by atomic mass is 32.2. The highest BCUT2D eigenvalue weighted by Crippen LogP contribution is 2.27. The van der Waals surface area contributed by atoms with Crippen molar-refractivity contribution in [1.29, 1.82) is 0 Å². The molecule has 1 aliphatic heterocycles. The molecule has 4 rings (SSSR count). The second-order valence-electron chi connectivity index (χ2n) is 7.95. The van der Waals surface area contributed by atoms with Gasteiger partial charge in [0.2, 0.25) is 0 Å². The second kappa shape index (κ2) is 11.5. The molecule has 0 atom stereocenters. The van der Waals surface area contributed by atoms with Gasteiger partial charge in [-0.25, -0.2) is 4.98 Å². The molecular weight excluding hydrogens is 454 g/mol. The highest BCUT2D eigenvalue weighted by molar-refractivity contribution is 7.99. The predicted octanol–water partition coefficient (Wildman–Crippen LogP) is 3.11. The largest absolute Gasteiger partial charge is 0.497 e. The standard InChI is InChI=1S/C25H29N3O5S/c1-31-18-8-9-23(32-2)20(16-18)22(29)17-34-25-26-21-7-4-3-6-19(21)24(30)28(25)11-5-10-27-12-14-33-15-13-27/h3-4,6-9,16H,5,10-15,17H2,1-2H3. The van der Waals surface area contributed by atoms with Crippen molar-refractivity contribution in [2.75, 3.05) is 52.8 Å². The number of carbonyl (C=O) groups is 1. The number of hydrogen-bond acceptors (Lipinski definition) is 8. The molecule has 0 unspecified atom stereocenters. The lowest BCUT2D eigenvalue weighted by atomic mass is 10.1. The third kappa shape index (κ3) is 5.60. The molecule has 1 aromatic heterocycles. The van der Waals surface area contributed by atoms with Crippen LogP contribution in [0.4, 0.5) is 0 Å². The maximum absolute atomic E-state index is 13.3. The van der Waals surface area contributed by atoms with Crippen LogP contribution >= 0.6 is 11.8 Å². The number of thioether (sulfide) groups is 1. The van der Waals surface area contributed by atoms with Gasteiger partial charge in [0, 0.05) is 26.2 Å². The summed E-state index contributed by atoms with van der Waals surface area (Å²) in [6.07, 6.45) is 0.811. The topological polar surface area (TPSA) is 82.9 Å². The zero-order valence-corrected chi connectivity index (χ0v) is 20.3. The number of fused-ring (bicyclic) bond motifs is 1. The van der Waals surface area contributed by atoms with Gasteiger partial charge in [-0.15, -0.1) is 0 Å². The Labute approximate surface area is 202 Å². The average molecular weight is 484 g/mol. The van der Waals surface area contributed by atoms with Gasteiger partial charge in [0.05, 0.1) is 49.7 Å². The Morgan fingerprint density at radius 3 is 2.65 bits per heavy atom. The number of benzene rings is 2. The van der Waals surface area contributed by atoms with Crippen LogP contribution in [-0.2, 0) is 11.3 Å². The zero-order valence-electron chi connectivity index (χ0n) is 19.5. The van der Waals surface area contributed by atoms with E-state index in [0.717, 1.165) is 39.3 Å². The lowest BCUT2D eigenvalue weighted by molar-refractivity contribution is 0.0368. The average Bonchev–Trinajstić information content (AvgIpc) is 2.89. The predicted molar refractivity (Wildman–Crippen MR) is 132 cm³/mol. The Morgan fingerprint density at radius 2 is 1.88 bits per heavy atom. The quantitative estimate of drug-likeness (QED) is 0.247. The minimum atomic E-state index is -0.122. The van der Waals surface area contributed by atoms with E-state index in [1.807, 2.05) is 18.2 Å². The lowest BCUT2D eigenvalue weighted by Gasteiger charge is -2.26. The van der Waals surface area contributed by atoms with Gasteiger partial charge >= 0.3 is 0 Å². The molecule has 2 aromatic carbocycles. The number of methoxy groups -OCH3 is 2. The van der Waals surface area contributed by atoms with Crippen molar-refractivity contribution in [1.82, 2.24) is 14.5 Å². The molecule has 0 bridgehead atoms. The van der Waals surface area contributed by atoms with Crippen LogP contribution in [0, 0.1) is 0 Å². The Balaban J connectivity index is 1.55. The molecule has 0 radical (unpaired) electrons. The van der Waals surface area contributed by atoms with Gasteiger partial charge in [-0.1, -0.05) is 23.9 Å². The van der Waals surface area contributed by atoms with Crippen molar-refractivity contribution in [2.45, 2.75) is 18.1 Å². The van der Waals surface area contributed by atoms with E-state index in [9.17, 15) is 9.59 Å². The van der Waals surface area contributed by atoms with Crippen LogP contribution in [0.15, 0.2) is 52.4 Å². The molecule has 180 valence electrons. The van der Waals surface area contributed by atoms with Crippen LogP contribution in [0.3, 0.4) is 0 Å². The number of ether oxygens (including phenoxy) is 3. The van der Waals surface area contributed by atoms with E-state index in [1.54, 1.807) is 35.9 Å². The summed E-state index contributed by atoms with van der Waals surface area (Å²) < 4.78 is 17.7. The molecular formula is C25H29N3O5S. The van der Waals surface area contributed by atoms with E-state index in [0.29, 0.717) is 39.7 Å². The number of hydrogen-bond donors (Lipinski definition) is 0. The summed E-state index contributed by atoms with van der Waals surface area (Å²) in [4.78, 5) is 33.4. The highest BCUT2D eigenvalue weighted by Gasteiger charge is 2.18. The number of nitrogens with zero attached hydrogens (tertiary/aromatic N) is 3. The van der Waals surface area contributed by atoms with Crippen LogP contribution in [0.2, 0.25) is 0 Å². The van der Waals surface area contributed by atoms with Crippen LogP contribution in [-0.4, -0.2) is 73.1 Å². The van der Waals surface area contributed by atoms with E-state index in [4.69, 9.17) is 19.2 Å². The molecule has 0 spiro atoms. The van der Waals surface area contributed by atoms with Crippen LogP contribution in [0.25, 0.3) is 10.9 Å². The zero-order chi connectivity index (χ0) is 23.9. The third-order valence-corrected chi connectivity index (χ3v) is 6.80. The van der Waals surface area contributed by atoms with Gasteiger partial charge in [0.25, 0.3) is 5.56 Å². The molecule has 8 nitrogen and oxygen atoms in total. The maximum Gasteiger partial charge on any atom is 0.262 e.